The topological polar surface area (TPSA) is 49.8 Å². The number of nitrogens with zero attached hydrogens (tertiary/aromatic N) is 5. The largest absolute Gasteiger partial charge is 2.00 e. The molecule has 0 radical (unpaired) electrons. The van der Waals surface area contributed by atoms with Crippen LogP contribution in [0.5, 0.6) is 11.5 Å². The Hall–Kier alpha value is -5.45. The normalized spacial score (nSPS) is 11.5. The summed E-state index contributed by atoms with van der Waals surface area (Å²) in [5, 5.41) is 4.71. The Labute approximate surface area is 304 Å². The number of imidazole rings is 1. The fraction of sp³-hybridized carbons (Fsp3) is 0.116. The summed E-state index contributed by atoms with van der Waals surface area (Å²) >= 11 is 0. The van der Waals surface area contributed by atoms with E-state index in [0.717, 1.165) is 56.1 Å². The maximum absolute atomic E-state index is 6.43. The zero-order chi connectivity index (χ0) is 33.4. The monoisotopic (exact) mass is 830 g/mol. The van der Waals surface area contributed by atoms with Crippen LogP contribution in [0.2, 0.25) is 0 Å². The Morgan fingerprint density at radius 1 is 0.640 bits per heavy atom. The number of para-hydroxylation sites is 3. The third-order valence-corrected chi connectivity index (χ3v) is 9.83. The quantitative estimate of drug-likeness (QED) is 0.162. The molecule has 0 spiro atoms. The average Bonchev–Trinajstić information content (AvgIpc) is 3.73. The van der Waals surface area contributed by atoms with Gasteiger partial charge in [0.1, 0.15) is 5.82 Å². The maximum Gasteiger partial charge on any atom is 2.00 e. The second-order valence-electron chi connectivity index (χ2n) is 12.8. The predicted molar refractivity (Wildman–Crippen MR) is 198 cm³/mol. The molecule has 0 aliphatic carbocycles. The van der Waals surface area contributed by atoms with Crippen molar-refractivity contribution in [2.24, 2.45) is 7.05 Å². The van der Waals surface area contributed by atoms with Gasteiger partial charge in [-0.05, 0) is 56.3 Å². The van der Waals surface area contributed by atoms with E-state index in [2.05, 4.69) is 125 Å². The van der Waals surface area contributed by atoms with E-state index in [1.54, 1.807) is 0 Å². The molecule has 50 heavy (non-hydrogen) atoms. The van der Waals surface area contributed by atoms with Crippen molar-refractivity contribution in [1.82, 2.24) is 23.7 Å². The Kier molecular flexibility index (Phi) is 7.73. The van der Waals surface area contributed by atoms with E-state index in [1.165, 1.54) is 32.9 Å². The first-order valence-electron chi connectivity index (χ1n) is 16.5. The van der Waals surface area contributed by atoms with Crippen LogP contribution in [0.25, 0.3) is 66.5 Å². The van der Waals surface area contributed by atoms with Crippen LogP contribution in [-0.4, -0.2) is 23.7 Å². The van der Waals surface area contributed by atoms with Crippen LogP contribution in [0.1, 0.15) is 22.5 Å². The van der Waals surface area contributed by atoms with Gasteiger partial charge in [-0.15, -0.1) is 41.3 Å². The summed E-state index contributed by atoms with van der Waals surface area (Å²) in [6.07, 6.45) is 1.90. The molecule has 4 aromatic heterocycles. The van der Waals surface area contributed by atoms with Crippen molar-refractivity contribution in [3.63, 3.8) is 0 Å². The fourth-order valence-corrected chi connectivity index (χ4v) is 7.27. The number of hydrogen-bond acceptors (Lipinski definition) is 3. The van der Waals surface area contributed by atoms with Gasteiger partial charge < -0.3 is 18.4 Å². The van der Waals surface area contributed by atoms with Crippen LogP contribution in [0, 0.1) is 39.8 Å². The second kappa shape index (κ2) is 12.2. The molecule has 0 saturated heterocycles. The Morgan fingerprint density at radius 3 is 2.04 bits per heavy atom. The van der Waals surface area contributed by atoms with Crippen LogP contribution < -0.4 is 4.74 Å². The zero-order valence-corrected chi connectivity index (χ0v) is 30.6. The van der Waals surface area contributed by atoms with E-state index in [9.17, 15) is 0 Å². The summed E-state index contributed by atoms with van der Waals surface area (Å²) < 4.78 is 13.1. The Balaban J connectivity index is 0.00000361. The molecule has 0 aliphatic heterocycles. The molecule has 0 amide bonds. The van der Waals surface area contributed by atoms with E-state index in [4.69, 9.17) is 14.7 Å². The summed E-state index contributed by atoms with van der Waals surface area (Å²) in [5.41, 5.74) is 10.9. The Morgan fingerprint density at radius 2 is 1.32 bits per heavy atom. The van der Waals surface area contributed by atoms with Crippen LogP contribution in [0.4, 0.5) is 0 Å². The molecule has 0 atom stereocenters. The molecule has 0 bridgehead atoms. The number of fused-ring (bicyclic) bond motifs is 6. The average molecular weight is 831 g/mol. The van der Waals surface area contributed by atoms with E-state index in [1.807, 2.05) is 44.4 Å². The van der Waals surface area contributed by atoms with Gasteiger partial charge in [0.25, 0.3) is 0 Å². The summed E-state index contributed by atoms with van der Waals surface area (Å²) in [7, 11) is 2.03. The number of ether oxygens (including phenoxy) is 1. The third-order valence-electron chi connectivity index (χ3n) is 9.83. The Bertz CT molecular complexity index is 2710. The van der Waals surface area contributed by atoms with Crippen molar-refractivity contribution in [2.45, 2.75) is 27.7 Å². The molecule has 0 N–H and O–H groups in total. The van der Waals surface area contributed by atoms with Crippen molar-refractivity contribution < 1.29 is 25.8 Å². The van der Waals surface area contributed by atoms with Crippen molar-refractivity contribution in [3.8, 4) is 34.4 Å². The minimum Gasteiger partial charge on any atom is -0.503 e. The number of aromatic nitrogens is 5. The predicted octanol–water partition coefficient (Wildman–Crippen LogP) is 10.3. The molecule has 0 fully saturated rings. The first-order chi connectivity index (χ1) is 23.9. The first kappa shape index (κ1) is 31.8. The van der Waals surface area contributed by atoms with E-state index >= 15 is 0 Å². The zero-order valence-electron chi connectivity index (χ0n) is 28.4. The molecule has 6 nitrogen and oxygen atoms in total. The molecule has 0 saturated carbocycles. The van der Waals surface area contributed by atoms with Gasteiger partial charge in [0.05, 0.1) is 22.5 Å². The molecule has 0 aliphatic rings. The van der Waals surface area contributed by atoms with Gasteiger partial charge in [-0.2, -0.15) is 6.07 Å². The smallest absolute Gasteiger partial charge is 0.503 e. The molecule has 5 aromatic carbocycles. The molecular formula is C43H33N5OPt. The molecule has 246 valence electrons. The molecular weight excluding hydrogens is 798 g/mol. The second-order valence-corrected chi connectivity index (χ2v) is 12.8. The van der Waals surface area contributed by atoms with Gasteiger partial charge in [0.2, 0.25) is 0 Å². The number of aryl methyl sites for hydroxylation is 3. The van der Waals surface area contributed by atoms with Crippen LogP contribution in [0.15, 0.2) is 109 Å². The molecule has 0 unspecified atom stereocenters. The number of pyridine rings is 1. The summed E-state index contributed by atoms with van der Waals surface area (Å²) in [6, 6.07) is 42.8. The number of rotatable bonds is 5. The standard InChI is InChI=1S/C43H33N5O.Pt/c1-26-11-8-16-36-37-17-9-12-27(2)42(37)47(41(26)36)31-21-22-44-40(24-31)48-38-18-7-6-15-34(38)35-20-19-33(25-39(35)48)49-32-14-10-13-30(23-32)43-45-28(3)29(4)46(43)5;/h6-22,24H,1-5H3;/q-2;+2. The maximum atomic E-state index is 6.43. The summed E-state index contributed by atoms with van der Waals surface area (Å²) in [4.78, 5) is 9.71. The van der Waals surface area contributed by atoms with Gasteiger partial charge in [0.15, 0.2) is 0 Å². The number of hydrogen-bond donors (Lipinski definition) is 0. The van der Waals surface area contributed by atoms with Gasteiger partial charge in [-0.1, -0.05) is 66.2 Å². The van der Waals surface area contributed by atoms with Crippen molar-refractivity contribution in [2.75, 3.05) is 0 Å². The molecule has 9 aromatic rings. The van der Waals surface area contributed by atoms with Crippen LogP contribution >= 0.6 is 0 Å². The summed E-state index contributed by atoms with van der Waals surface area (Å²) in [6.45, 7) is 8.47. The van der Waals surface area contributed by atoms with E-state index in [-0.39, 0.29) is 21.1 Å². The van der Waals surface area contributed by atoms with Gasteiger partial charge in [-0.3, -0.25) is 4.98 Å². The molecule has 9 rings (SSSR count). The van der Waals surface area contributed by atoms with Gasteiger partial charge in [-0.25, -0.2) is 4.98 Å². The van der Waals surface area contributed by atoms with Crippen molar-refractivity contribution in [3.05, 3.63) is 144 Å². The van der Waals surface area contributed by atoms with Crippen LogP contribution in [-0.2, 0) is 28.1 Å². The van der Waals surface area contributed by atoms with Crippen molar-refractivity contribution >= 4 is 43.6 Å². The van der Waals surface area contributed by atoms with Gasteiger partial charge in [0, 0.05) is 58.5 Å². The van der Waals surface area contributed by atoms with E-state index < -0.39 is 0 Å². The number of benzene rings is 5. The third kappa shape index (κ3) is 4.89. The van der Waals surface area contributed by atoms with E-state index in [0.29, 0.717) is 11.5 Å². The first-order valence-corrected chi connectivity index (χ1v) is 16.5. The van der Waals surface area contributed by atoms with Crippen LogP contribution in [0.3, 0.4) is 0 Å². The summed E-state index contributed by atoms with van der Waals surface area (Å²) in [5.74, 6) is 2.87. The molecule has 7 heteroatoms. The van der Waals surface area contributed by atoms with Crippen molar-refractivity contribution in [1.29, 1.82) is 0 Å². The minimum absolute atomic E-state index is 0. The van der Waals surface area contributed by atoms with Gasteiger partial charge >= 0.3 is 21.1 Å². The molecule has 4 heterocycles. The fourth-order valence-electron chi connectivity index (χ4n) is 7.27. The SMILES string of the molecule is Cc1nc(-c2[c-]c(Oc3[c-]c4c(cc3)c3ccccc3n4-c3cc(-n4c5c(C)cccc5c5cccc(C)c54)ccn3)ccc2)n(C)c1C.[Pt+2]. The minimum atomic E-state index is 0.